The van der Waals surface area contributed by atoms with E-state index in [4.69, 9.17) is 27.9 Å². The average Bonchev–Trinajstić information content (AvgIpc) is 2.86. The molecular formula is C14H18Cl2N4O. The summed E-state index contributed by atoms with van der Waals surface area (Å²) in [7, 11) is 1.86. The fraction of sp³-hybridized carbons (Fsp3) is 0.429. The summed E-state index contributed by atoms with van der Waals surface area (Å²) in [6, 6.07) is 3.74. The lowest BCUT2D eigenvalue weighted by Crippen LogP contribution is -2.12. The van der Waals surface area contributed by atoms with Crippen LogP contribution in [0.3, 0.4) is 0 Å². The summed E-state index contributed by atoms with van der Waals surface area (Å²) in [6.45, 7) is 5.00. The van der Waals surface area contributed by atoms with Gasteiger partial charge in [0.05, 0.1) is 5.02 Å². The Morgan fingerprint density at radius 3 is 2.76 bits per heavy atom. The van der Waals surface area contributed by atoms with Crippen LogP contribution in [-0.4, -0.2) is 21.8 Å². The average molecular weight is 329 g/mol. The van der Waals surface area contributed by atoms with E-state index in [1.165, 1.54) is 6.33 Å². The zero-order valence-electron chi connectivity index (χ0n) is 12.2. The van der Waals surface area contributed by atoms with Crippen LogP contribution in [0.2, 0.25) is 10.0 Å². The standard InChI is InChI=1S/C14H18Cl2N4O/c1-9(2)20-13(18-8-19-20)7-21-14-10(6-17-3)4-11(15)5-12(14)16/h4-5,8-9,17H,6-7H2,1-3H3. The summed E-state index contributed by atoms with van der Waals surface area (Å²) in [5.41, 5.74) is 0.908. The van der Waals surface area contributed by atoms with E-state index in [9.17, 15) is 0 Å². The summed E-state index contributed by atoms with van der Waals surface area (Å²) in [6.07, 6.45) is 1.52. The first-order chi connectivity index (χ1) is 10.0. The smallest absolute Gasteiger partial charge is 0.165 e. The fourth-order valence-corrected chi connectivity index (χ4v) is 2.63. The Hall–Kier alpha value is -1.30. The molecule has 1 N–H and O–H groups in total. The first-order valence-corrected chi connectivity index (χ1v) is 7.42. The SMILES string of the molecule is CNCc1cc(Cl)cc(Cl)c1OCc1ncnn1C(C)C. The second-order valence-corrected chi connectivity index (χ2v) is 5.75. The van der Waals surface area contributed by atoms with Gasteiger partial charge >= 0.3 is 0 Å². The molecule has 0 atom stereocenters. The maximum atomic E-state index is 6.23. The van der Waals surface area contributed by atoms with Gasteiger partial charge in [0, 0.05) is 23.2 Å². The predicted octanol–water partition coefficient (Wildman–Crippen LogP) is 3.46. The van der Waals surface area contributed by atoms with Crippen LogP contribution in [0.1, 0.15) is 31.3 Å². The quantitative estimate of drug-likeness (QED) is 0.882. The van der Waals surface area contributed by atoms with Crippen LogP contribution in [0.5, 0.6) is 5.75 Å². The fourth-order valence-electron chi connectivity index (χ4n) is 2.04. The third-order valence-electron chi connectivity index (χ3n) is 2.93. The highest BCUT2D eigenvalue weighted by atomic mass is 35.5. The molecule has 0 aliphatic heterocycles. The van der Waals surface area contributed by atoms with E-state index in [2.05, 4.69) is 15.4 Å². The van der Waals surface area contributed by atoms with Gasteiger partial charge in [0.15, 0.2) is 5.82 Å². The van der Waals surface area contributed by atoms with Gasteiger partial charge in [-0.2, -0.15) is 5.10 Å². The molecule has 1 aromatic heterocycles. The lowest BCUT2D eigenvalue weighted by atomic mass is 10.2. The molecule has 0 radical (unpaired) electrons. The molecule has 21 heavy (non-hydrogen) atoms. The Labute approximate surface area is 134 Å². The zero-order valence-corrected chi connectivity index (χ0v) is 13.7. The lowest BCUT2D eigenvalue weighted by Gasteiger charge is -2.15. The van der Waals surface area contributed by atoms with Gasteiger partial charge in [-0.1, -0.05) is 23.2 Å². The molecule has 7 heteroatoms. The molecule has 0 saturated carbocycles. The first-order valence-electron chi connectivity index (χ1n) is 6.66. The van der Waals surface area contributed by atoms with Gasteiger partial charge in [0.1, 0.15) is 18.7 Å². The Balaban J connectivity index is 2.21. The van der Waals surface area contributed by atoms with Crippen molar-refractivity contribution in [2.45, 2.75) is 33.0 Å². The van der Waals surface area contributed by atoms with Crippen molar-refractivity contribution >= 4 is 23.2 Å². The molecule has 2 rings (SSSR count). The van der Waals surface area contributed by atoms with Crippen molar-refractivity contribution in [2.24, 2.45) is 0 Å². The minimum absolute atomic E-state index is 0.226. The Kier molecular flexibility index (Phi) is 5.45. The highest BCUT2D eigenvalue weighted by Gasteiger charge is 2.13. The van der Waals surface area contributed by atoms with E-state index in [1.807, 2.05) is 31.6 Å². The molecule has 0 unspecified atom stereocenters. The maximum Gasteiger partial charge on any atom is 0.165 e. The molecule has 0 amide bonds. The molecule has 0 fully saturated rings. The molecule has 0 aliphatic rings. The van der Waals surface area contributed by atoms with Crippen LogP contribution in [-0.2, 0) is 13.2 Å². The van der Waals surface area contributed by atoms with E-state index in [-0.39, 0.29) is 6.04 Å². The van der Waals surface area contributed by atoms with Crippen molar-refractivity contribution in [2.75, 3.05) is 7.05 Å². The van der Waals surface area contributed by atoms with Crippen LogP contribution in [0.15, 0.2) is 18.5 Å². The van der Waals surface area contributed by atoms with Gasteiger partial charge in [-0.15, -0.1) is 0 Å². The van der Waals surface area contributed by atoms with E-state index < -0.39 is 0 Å². The number of ether oxygens (including phenoxy) is 1. The van der Waals surface area contributed by atoms with Crippen molar-refractivity contribution in [1.82, 2.24) is 20.1 Å². The second-order valence-electron chi connectivity index (χ2n) is 4.91. The molecule has 0 bridgehead atoms. The third-order valence-corrected chi connectivity index (χ3v) is 3.43. The van der Waals surface area contributed by atoms with Crippen molar-refractivity contribution in [3.63, 3.8) is 0 Å². The zero-order chi connectivity index (χ0) is 15.4. The van der Waals surface area contributed by atoms with Gasteiger partial charge < -0.3 is 10.1 Å². The first kappa shape index (κ1) is 16.1. The molecule has 2 aromatic rings. The van der Waals surface area contributed by atoms with Crippen molar-refractivity contribution < 1.29 is 4.74 Å². The number of nitrogens with one attached hydrogen (secondary N) is 1. The predicted molar refractivity (Wildman–Crippen MR) is 84.0 cm³/mol. The van der Waals surface area contributed by atoms with Crippen LogP contribution in [0, 0.1) is 0 Å². The molecular weight excluding hydrogens is 311 g/mol. The van der Waals surface area contributed by atoms with E-state index in [0.29, 0.717) is 28.9 Å². The van der Waals surface area contributed by atoms with Crippen LogP contribution in [0.25, 0.3) is 0 Å². The molecule has 5 nitrogen and oxygen atoms in total. The molecule has 0 saturated heterocycles. The highest BCUT2D eigenvalue weighted by Crippen LogP contribution is 2.33. The summed E-state index contributed by atoms with van der Waals surface area (Å²) in [5.74, 6) is 1.38. The summed E-state index contributed by atoms with van der Waals surface area (Å²) < 4.78 is 7.68. The Morgan fingerprint density at radius 2 is 2.10 bits per heavy atom. The van der Waals surface area contributed by atoms with Gasteiger partial charge in [-0.25, -0.2) is 9.67 Å². The molecule has 0 aliphatic carbocycles. The number of hydrogen-bond acceptors (Lipinski definition) is 4. The van der Waals surface area contributed by atoms with Gasteiger partial charge in [0.2, 0.25) is 0 Å². The number of hydrogen-bond donors (Lipinski definition) is 1. The van der Waals surface area contributed by atoms with Crippen molar-refractivity contribution in [3.8, 4) is 5.75 Å². The highest BCUT2D eigenvalue weighted by molar-refractivity contribution is 6.35. The molecule has 114 valence electrons. The third kappa shape index (κ3) is 3.87. The number of aromatic nitrogens is 3. The van der Waals surface area contributed by atoms with Crippen molar-refractivity contribution in [1.29, 1.82) is 0 Å². The van der Waals surface area contributed by atoms with E-state index >= 15 is 0 Å². The largest absolute Gasteiger partial charge is 0.484 e. The minimum atomic E-state index is 0.226. The number of rotatable bonds is 6. The van der Waals surface area contributed by atoms with E-state index in [1.54, 1.807) is 6.07 Å². The number of benzene rings is 1. The monoisotopic (exact) mass is 328 g/mol. The molecule has 1 heterocycles. The Bertz CT molecular complexity index is 613. The van der Waals surface area contributed by atoms with Gasteiger partial charge in [-0.05, 0) is 33.0 Å². The van der Waals surface area contributed by atoms with E-state index in [0.717, 1.165) is 11.4 Å². The number of halogens is 2. The number of nitrogens with zero attached hydrogens (tertiary/aromatic N) is 3. The maximum absolute atomic E-state index is 6.23. The Morgan fingerprint density at radius 1 is 1.33 bits per heavy atom. The summed E-state index contributed by atoms with van der Waals surface area (Å²) in [4.78, 5) is 4.22. The summed E-state index contributed by atoms with van der Waals surface area (Å²) >= 11 is 12.3. The van der Waals surface area contributed by atoms with Crippen molar-refractivity contribution in [3.05, 3.63) is 39.9 Å². The minimum Gasteiger partial charge on any atom is -0.484 e. The van der Waals surface area contributed by atoms with Crippen LogP contribution < -0.4 is 10.1 Å². The topological polar surface area (TPSA) is 52.0 Å². The van der Waals surface area contributed by atoms with Crippen LogP contribution in [0.4, 0.5) is 0 Å². The molecule has 0 spiro atoms. The lowest BCUT2D eigenvalue weighted by molar-refractivity contribution is 0.279. The van der Waals surface area contributed by atoms with Gasteiger partial charge in [0.25, 0.3) is 0 Å². The molecule has 1 aromatic carbocycles. The normalized spacial score (nSPS) is 11.1. The second kappa shape index (κ2) is 7.11. The van der Waals surface area contributed by atoms with Gasteiger partial charge in [-0.3, -0.25) is 0 Å². The summed E-state index contributed by atoms with van der Waals surface area (Å²) in [5, 5.41) is 8.33. The van der Waals surface area contributed by atoms with Crippen LogP contribution >= 0.6 is 23.2 Å².